The fraction of sp³-hybridized carbons (Fsp3) is 0.333. The summed E-state index contributed by atoms with van der Waals surface area (Å²) >= 11 is 0. The molecular formula is C15H16N2O3. The molecule has 1 aliphatic heterocycles. The van der Waals surface area contributed by atoms with Crippen LogP contribution in [-0.2, 0) is 13.0 Å². The molecule has 104 valence electrons. The van der Waals surface area contributed by atoms with Gasteiger partial charge in [-0.2, -0.15) is 0 Å². The first-order valence-electron chi connectivity index (χ1n) is 6.54. The number of methoxy groups -OCH3 is 1. The fourth-order valence-electron chi connectivity index (χ4n) is 2.48. The molecule has 0 radical (unpaired) electrons. The van der Waals surface area contributed by atoms with Crippen LogP contribution < -0.4 is 15.0 Å². The van der Waals surface area contributed by atoms with Crippen molar-refractivity contribution in [3.8, 4) is 11.8 Å². The van der Waals surface area contributed by atoms with Crippen molar-refractivity contribution in [3.63, 3.8) is 0 Å². The summed E-state index contributed by atoms with van der Waals surface area (Å²) in [7, 11) is 1.52. The molecule has 3 rings (SSSR count). The van der Waals surface area contributed by atoms with Crippen LogP contribution in [0.25, 0.3) is 0 Å². The molecule has 1 aromatic heterocycles. The van der Waals surface area contributed by atoms with Gasteiger partial charge in [-0.3, -0.25) is 9.36 Å². The third kappa shape index (κ3) is 2.27. The summed E-state index contributed by atoms with van der Waals surface area (Å²) in [6.45, 7) is 2.21. The maximum Gasteiger partial charge on any atom is 0.299 e. The molecule has 2 heterocycles. The first-order valence-corrected chi connectivity index (χ1v) is 6.54. The maximum absolute atomic E-state index is 12.1. The molecule has 0 saturated heterocycles. The highest BCUT2D eigenvalue weighted by Crippen LogP contribution is 2.28. The predicted molar refractivity (Wildman–Crippen MR) is 74.3 cm³/mol. The van der Waals surface area contributed by atoms with Crippen LogP contribution in [0.3, 0.4) is 0 Å². The minimum Gasteiger partial charge on any atom is -0.488 e. The number of ether oxygens (including phenoxy) is 2. The van der Waals surface area contributed by atoms with Crippen LogP contribution in [0.4, 0.5) is 0 Å². The number of fused-ring (bicyclic) bond motifs is 1. The van der Waals surface area contributed by atoms with Crippen LogP contribution in [0.1, 0.15) is 11.3 Å². The molecule has 1 unspecified atom stereocenters. The third-order valence-corrected chi connectivity index (χ3v) is 3.38. The van der Waals surface area contributed by atoms with Gasteiger partial charge in [0.1, 0.15) is 11.9 Å². The smallest absolute Gasteiger partial charge is 0.299 e. The van der Waals surface area contributed by atoms with Crippen molar-refractivity contribution < 1.29 is 9.47 Å². The van der Waals surface area contributed by atoms with Crippen LogP contribution in [0.5, 0.6) is 11.8 Å². The second-order valence-electron chi connectivity index (χ2n) is 4.88. The summed E-state index contributed by atoms with van der Waals surface area (Å²) in [4.78, 5) is 16.3. The molecule has 1 aliphatic rings. The lowest BCUT2D eigenvalue weighted by atomic mass is 10.1. The summed E-state index contributed by atoms with van der Waals surface area (Å²) in [6, 6.07) is 9.76. The number of aryl methyl sites for hydroxylation is 1. The Bertz CT molecular complexity index is 669. The lowest BCUT2D eigenvalue weighted by molar-refractivity contribution is 0.197. The van der Waals surface area contributed by atoms with Crippen molar-refractivity contribution >= 4 is 0 Å². The van der Waals surface area contributed by atoms with Crippen LogP contribution in [-0.4, -0.2) is 22.8 Å². The predicted octanol–water partition coefficient (Wildman–Crippen LogP) is 1.56. The number of aromatic nitrogens is 2. The minimum absolute atomic E-state index is 0.0662. The van der Waals surface area contributed by atoms with Crippen LogP contribution in [0, 0.1) is 6.92 Å². The van der Waals surface area contributed by atoms with Gasteiger partial charge in [-0.1, -0.05) is 18.2 Å². The summed E-state index contributed by atoms with van der Waals surface area (Å²) in [5, 5.41) is 0. The number of nitrogens with zero attached hydrogens (tertiary/aromatic N) is 2. The maximum atomic E-state index is 12.1. The number of hydrogen-bond donors (Lipinski definition) is 0. The molecule has 0 aliphatic carbocycles. The number of para-hydroxylation sites is 1. The van der Waals surface area contributed by atoms with Gasteiger partial charge in [0.15, 0.2) is 0 Å². The normalized spacial score (nSPS) is 16.6. The molecule has 5 nitrogen and oxygen atoms in total. The van der Waals surface area contributed by atoms with Gasteiger partial charge in [0.25, 0.3) is 11.6 Å². The first-order chi connectivity index (χ1) is 9.67. The van der Waals surface area contributed by atoms with Crippen molar-refractivity contribution in [3.05, 3.63) is 51.9 Å². The topological polar surface area (TPSA) is 53.3 Å². The van der Waals surface area contributed by atoms with Crippen molar-refractivity contribution in [1.29, 1.82) is 0 Å². The molecule has 0 spiro atoms. The lowest BCUT2D eigenvalue weighted by Gasteiger charge is -2.15. The van der Waals surface area contributed by atoms with E-state index < -0.39 is 0 Å². The Morgan fingerprint density at radius 3 is 3.00 bits per heavy atom. The van der Waals surface area contributed by atoms with Crippen LogP contribution >= 0.6 is 0 Å². The quantitative estimate of drug-likeness (QED) is 0.851. The van der Waals surface area contributed by atoms with E-state index in [1.807, 2.05) is 24.3 Å². The summed E-state index contributed by atoms with van der Waals surface area (Å²) < 4.78 is 12.6. The molecule has 5 heteroatoms. The van der Waals surface area contributed by atoms with E-state index in [9.17, 15) is 4.79 Å². The second-order valence-corrected chi connectivity index (χ2v) is 4.88. The minimum atomic E-state index is -0.117. The zero-order chi connectivity index (χ0) is 14.1. The van der Waals surface area contributed by atoms with Crippen molar-refractivity contribution in [1.82, 2.24) is 9.55 Å². The molecule has 0 amide bonds. The average Bonchev–Trinajstić information content (AvgIpc) is 2.83. The highest BCUT2D eigenvalue weighted by Gasteiger charge is 2.24. The van der Waals surface area contributed by atoms with Gasteiger partial charge in [-0.15, -0.1) is 0 Å². The van der Waals surface area contributed by atoms with Crippen molar-refractivity contribution in [2.75, 3.05) is 7.11 Å². The van der Waals surface area contributed by atoms with E-state index in [0.717, 1.165) is 12.2 Å². The van der Waals surface area contributed by atoms with E-state index in [2.05, 4.69) is 4.98 Å². The Labute approximate surface area is 116 Å². The molecule has 20 heavy (non-hydrogen) atoms. The van der Waals surface area contributed by atoms with E-state index in [1.165, 1.54) is 23.3 Å². The number of hydrogen-bond acceptors (Lipinski definition) is 4. The molecule has 0 saturated carbocycles. The lowest BCUT2D eigenvalue weighted by Crippen LogP contribution is -2.30. The van der Waals surface area contributed by atoms with Gasteiger partial charge in [0, 0.05) is 18.2 Å². The van der Waals surface area contributed by atoms with Gasteiger partial charge >= 0.3 is 0 Å². The summed E-state index contributed by atoms with van der Waals surface area (Å²) in [5.74, 6) is 0.893. The van der Waals surface area contributed by atoms with Crippen LogP contribution in [0.2, 0.25) is 0 Å². The Morgan fingerprint density at radius 2 is 2.25 bits per heavy atom. The van der Waals surface area contributed by atoms with E-state index in [0.29, 0.717) is 18.2 Å². The molecule has 1 aromatic carbocycles. The number of benzene rings is 1. The van der Waals surface area contributed by atoms with Crippen LogP contribution in [0.15, 0.2) is 35.1 Å². The number of rotatable bonds is 3. The standard InChI is InChI=1S/C15H16N2O3/c1-10-7-14(18)17(15(16-10)19-2)9-12-8-11-5-3-4-6-13(11)20-12/h3-7,12H,8-9H2,1-2H3. The largest absolute Gasteiger partial charge is 0.488 e. The van der Waals surface area contributed by atoms with Gasteiger partial charge in [-0.05, 0) is 18.6 Å². The van der Waals surface area contributed by atoms with Gasteiger partial charge in [-0.25, -0.2) is 4.98 Å². The van der Waals surface area contributed by atoms with E-state index in [4.69, 9.17) is 9.47 Å². The average molecular weight is 272 g/mol. The Morgan fingerprint density at radius 1 is 1.45 bits per heavy atom. The third-order valence-electron chi connectivity index (χ3n) is 3.38. The highest BCUT2D eigenvalue weighted by molar-refractivity contribution is 5.37. The zero-order valence-electron chi connectivity index (χ0n) is 11.5. The zero-order valence-corrected chi connectivity index (χ0v) is 11.5. The SMILES string of the molecule is COc1nc(C)cc(=O)n1CC1Cc2ccccc2O1. The summed E-state index contributed by atoms with van der Waals surface area (Å²) in [5.41, 5.74) is 1.71. The highest BCUT2D eigenvalue weighted by atomic mass is 16.5. The van der Waals surface area contributed by atoms with Crippen molar-refractivity contribution in [2.45, 2.75) is 26.0 Å². The molecule has 0 fully saturated rings. The second kappa shape index (κ2) is 5.00. The molecular weight excluding hydrogens is 256 g/mol. The van der Waals surface area contributed by atoms with Crippen molar-refractivity contribution in [2.24, 2.45) is 0 Å². The van der Waals surface area contributed by atoms with E-state index in [-0.39, 0.29) is 11.7 Å². The van der Waals surface area contributed by atoms with E-state index >= 15 is 0 Å². The molecule has 0 bridgehead atoms. The Balaban J connectivity index is 1.85. The monoisotopic (exact) mass is 272 g/mol. The van der Waals surface area contributed by atoms with E-state index in [1.54, 1.807) is 6.92 Å². The molecule has 0 N–H and O–H groups in total. The van der Waals surface area contributed by atoms with Gasteiger partial charge < -0.3 is 9.47 Å². The summed E-state index contributed by atoms with van der Waals surface area (Å²) in [6.07, 6.45) is 0.725. The molecule has 1 atom stereocenters. The first kappa shape index (κ1) is 12.7. The Hall–Kier alpha value is -2.30. The van der Waals surface area contributed by atoms with Gasteiger partial charge in [0.05, 0.1) is 13.7 Å². The Kier molecular flexibility index (Phi) is 3.18. The van der Waals surface area contributed by atoms with Gasteiger partial charge in [0.2, 0.25) is 0 Å². The fourth-order valence-corrected chi connectivity index (χ4v) is 2.48. The molecule has 2 aromatic rings.